The third kappa shape index (κ3) is 5.02. The van der Waals surface area contributed by atoms with Gasteiger partial charge in [0, 0.05) is 18.2 Å². The van der Waals surface area contributed by atoms with Crippen LogP contribution in [-0.4, -0.2) is 35.9 Å². The quantitative estimate of drug-likeness (QED) is 0.874. The van der Waals surface area contributed by atoms with Crippen LogP contribution in [0.1, 0.15) is 25.0 Å². The first-order valence-electron chi connectivity index (χ1n) is 6.34. The van der Waals surface area contributed by atoms with Crippen molar-refractivity contribution < 1.29 is 23.0 Å². The first-order valence-corrected chi connectivity index (χ1v) is 6.34. The van der Waals surface area contributed by atoms with Crippen LogP contribution in [0.4, 0.5) is 13.2 Å². The van der Waals surface area contributed by atoms with Gasteiger partial charge in [-0.05, 0) is 31.5 Å². The van der Waals surface area contributed by atoms with Crippen molar-refractivity contribution in [3.05, 3.63) is 29.3 Å². The molecule has 0 aromatic heterocycles. The third-order valence-corrected chi connectivity index (χ3v) is 3.01. The second-order valence-corrected chi connectivity index (χ2v) is 4.92. The lowest BCUT2D eigenvalue weighted by Gasteiger charge is -2.28. The molecule has 0 bridgehead atoms. The summed E-state index contributed by atoms with van der Waals surface area (Å²) >= 11 is 0. The number of alkyl halides is 3. The van der Waals surface area contributed by atoms with E-state index in [1.54, 1.807) is 32.0 Å². The van der Waals surface area contributed by atoms with E-state index in [1.165, 1.54) is 12.0 Å². The van der Waals surface area contributed by atoms with Gasteiger partial charge in [0.25, 0.3) is 0 Å². The minimum absolute atomic E-state index is 0.119. The summed E-state index contributed by atoms with van der Waals surface area (Å²) in [5.41, 5.74) is 1.29. The maximum atomic E-state index is 12.6. The SMILES string of the molecule is COc1ccc(CO)cc1CN(CC(F)(F)F)C(C)C. The number of hydrogen-bond donors (Lipinski definition) is 1. The summed E-state index contributed by atoms with van der Waals surface area (Å²) in [6.45, 7) is 2.42. The Morgan fingerprint density at radius 2 is 1.95 bits per heavy atom. The van der Waals surface area contributed by atoms with Crippen LogP contribution >= 0.6 is 0 Å². The van der Waals surface area contributed by atoms with Gasteiger partial charge in [-0.1, -0.05) is 6.07 Å². The fraction of sp³-hybridized carbons (Fsp3) is 0.571. The lowest BCUT2D eigenvalue weighted by Crippen LogP contribution is -2.38. The number of benzene rings is 1. The molecule has 0 aliphatic heterocycles. The largest absolute Gasteiger partial charge is 0.496 e. The molecule has 1 rings (SSSR count). The molecule has 1 N–H and O–H groups in total. The zero-order valence-electron chi connectivity index (χ0n) is 11.9. The summed E-state index contributed by atoms with van der Waals surface area (Å²) in [6.07, 6.45) is -4.24. The predicted molar refractivity (Wildman–Crippen MR) is 70.5 cm³/mol. The molecule has 0 atom stereocenters. The van der Waals surface area contributed by atoms with E-state index in [4.69, 9.17) is 9.84 Å². The van der Waals surface area contributed by atoms with Crippen LogP contribution in [0.2, 0.25) is 0 Å². The Morgan fingerprint density at radius 3 is 2.40 bits per heavy atom. The molecule has 0 heterocycles. The molecular formula is C14H20F3NO2. The van der Waals surface area contributed by atoms with E-state index in [9.17, 15) is 13.2 Å². The summed E-state index contributed by atoms with van der Waals surface area (Å²) in [5.74, 6) is 0.523. The fourth-order valence-electron chi connectivity index (χ4n) is 1.92. The molecule has 114 valence electrons. The van der Waals surface area contributed by atoms with E-state index < -0.39 is 12.7 Å². The average molecular weight is 291 g/mol. The smallest absolute Gasteiger partial charge is 0.401 e. The molecule has 0 fully saturated rings. The van der Waals surface area contributed by atoms with Gasteiger partial charge in [-0.3, -0.25) is 4.90 Å². The number of ether oxygens (including phenoxy) is 1. The summed E-state index contributed by atoms with van der Waals surface area (Å²) in [6, 6.07) is 4.77. The predicted octanol–water partition coefficient (Wildman–Crippen LogP) is 2.96. The summed E-state index contributed by atoms with van der Waals surface area (Å²) < 4.78 is 42.9. The summed E-state index contributed by atoms with van der Waals surface area (Å²) in [7, 11) is 1.47. The minimum atomic E-state index is -4.24. The molecule has 20 heavy (non-hydrogen) atoms. The van der Waals surface area contributed by atoms with E-state index in [-0.39, 0.29) is 19.2 Å². The Labute approximate surface area is 117 Å². The van der Waals surface area contributed by atoms with Crippen molar-refractivity contribution in [1.82, 2.24) is 4.90 Å². The molecule has 6 heteroatoms. The van der Waals surface area contributed by atoms with Crippen molar-refractivity contribution in [1.29, 1.82) is 0 Å². The Hall–Kier alpha value is -1.27. The van der Waals surface area contributed by atoms with E-state index in [2.05, 4.69) is 0 Å². The molecule has 0 amide bonds. The Bertz CT molecular complexity index is 433. The van der Waals surface area contributed by atoms with Crippen molar-refractivity contribution >= 4 is 0 Å². The molecule has 0 saturated carbocycles. The number of methoxy groups -OCH3 is 1. The molecular weight excluding hydrogens is 271 g/mol. The average Bonchev–Trinajstić information content (AvgIpc) is 2.36. The van der Waals surface area contributed by atoms with Gasteiger partial charge in [-0.2, -0.15) is 13.2 Å². The molecule has 1 aromatic rings. The summed E-state index contributed by atoms with van der Waals surface area (Å²) in [4.78, 5) is 1.32. The molecule has 0 aliphatic rings. The molecule has 0 aliphatic carbocycles. The highest BCUT2D eigenvalue weighted by Crippen LogP contribution is 2.25. The first-order chi connectivity index (χ1) is 9.26. The molecule has 0 radical (unpaired) electrons. The molecule has 1 aromatic carbocycles. The highest BCUT2D eigenvalue weighted by atomic mass is 19.4. The number of aliphatic hydroxyl groups excluding tert-OH is 1. The molecule has 3 nitrogen and oxygen atoms in total. The molecule has 0 unspecified atom stereocenters. The maximum Gasteiger partial charge on any atom is 0.401 e. The highest BCUT2D eigenvalue weighted by Gasteiger charge is 2.32. The zero-order valence-corrected chi connectivity index (χ0v) is 11.9. The van der Waals surface area contributed by atoms with Gasteiger partial charge in [0.1, 0.15) is 5.75 Å². The van der Waals surface area contributed by atoms with Gasteiger partial charge in [0.05, 0.1) is 20.3 Å². The van der Waals surface area contributed by atoms with Gasteiger partial charge in [-0.15, -0.1) is 0 Å². The lowest BCUT2D eigenvalue weighted by atomic mass is 10.1. The normalized spacial score (nSPS) is 12.2. The monoisotopic (exact) mass is 291 g/mol. The number of hydrogen-bond acceptors (Lipinski definition) is 3. The second kappa shape index (κ2) is 6.95. The van der Waals surface area contributed by atoms with E-state index >= 15 is 0 Å². The van der Waals surface area contributed by atoms with Gasteiger partial charge in [0.15, 0.2) is 0 Å². The standard InChI is InChI=1S/C14H20F3NO2/c1-10(2)18(9-14(15,16)17)7-12-6-11(8-19)4-5-13(12)20-3/h4-6,10,19H,7-9H2,1-3H3. The Balaban J connectivity index is 2.97. The van der Waals surface area contributed by atoms with Crippen LogP contribution in [0.25, 0.3) is 0 Å². The fourth-order valence-corrected chi connectivity index (χ4v) is 1.92. The first kappa shape index (κ1) is 16.8. The number of rotatable bonds is 6. The lowest BCUT2D eigenvalue weighted by molar-refractivity contribution is -0.150. The Morgan fingerprint density at radius 1 is 1.30 bits per heavy atom. The summed E-state index contributed by atoms with van der Waals surface area (Å²) in [5, 5.41) is 9.12. The van der Waals surface area contributed by atoms with Crippen molar-refractivity contribution in [3.8, 4) is 5.75 Å². The van der Waals surface area contributed by atoms with Crippen LogP contribution in [-0.2, 0) is 13.2 Å². The maximum absolute atomic E-state index is 12.6. The van der Waals surface area contributed by atoms with Gasteiger partial charge in [-0.25, -0.2) is 0 Å². The van der Waals surface area contributed by atoms with E-state index in [0.717, 1.165) is 0 Å². The van der Waals surface area contributed by atoms with Gasteiger partial charge >= 0.3 is 6.18 Å². The van der Waals surface area contributed by atoms with Crippen molar-refractivity contribution in [3.63, 3.8) is 0 Å². The number of nitrogens with zero attached hydrogens (tertiary/aromatic N) is 1. The van der Waals surface area contributed by atoms with Crippen LogP contribution in [0, 0.1) is 0 Å². The van der Waals surface area contributed by atoms with Crippen LogP contribution < -0.4 is 4.74 Å². The van der Waals surface area contributed by atoms with Crippen molar-refractivity contribution in [2.75, 3.05) is 13.7 Å². The van der Waals surface area contributed by atoms with Crippen molar-refractivity contribution in [2.45, 2.75) is 39.2 Å². The van der Waals surface area contributed by atoms with Crippen molar-refractivity contribution in [2.24, 2.45) is 0 Å². The number of halogens is 3. The molecule has 0 spiro atoms. The topological polar surface area (TPSA) is 32.7 Å². The van der Waals surface area contributed by atoms with Crippen LogP contribution in [0.3, 0.4) is 0 Å². The van der Waals surface area contributed by atoms with Gasteiger partial charge < -0.3 is 9.84 Å². The molecule has 0 saturated heterocycles. The second-order valence-electron chi connectivity index (χ2n) is 4.92. The highest BCUT2D eigenvalue weighted by molar-refractivity contribution is 5.37. The minimum Gasteiger partial charge on any atom is -0.496 e. The van der Waals surface area contributed by atoms with Crippen LogP contribution in [0.5, 0.6) is 5.75 Å². The third-order valence-electron chi connectivity index (χ3n) is 3.01. The van der Waals surface area contributed by atoms with E-state index in [1.807, 2.05) is 0 Å². The van der Waals surface area contributed by atoms with Gasteiger partial charge in [0.2, 0.25) is 0 Å². The Kier molecular flexibility index (Phi) is 5.83. The number of aliphatic hydroxyl groups is 1. The zero-order chi connectivity index (χ0) is 15.3. The van der Waals surface area contributed by atoms with Crippen LogP contribution in [0.15, 0.2) is 18.2 Å². The van der Waals surface area contributed by atoms with E-state index in [0.29, 0.717) is 16.9 Å².